The Hall–Kier alpha value is -1.39. The highest BCUT2D eigenvalue weighted by molar-refractivity contribution is 5.66. The molecule has 0 radical (unpaired) electrons. The molecule has 0 aliphatic heterocycles. The summed E-state index contributed by atoms with van der Waals surface area (Å²) < 4.78 is 1.76. The van der Waals surface area contributed by atoms with Crippen molar-refractivity contribution >= 4 is 5.97 Å². The molecule has 4 aliphatic carbocycles. The molecule has 0 aromatic carbocycles. The molecule has 102 valence electrons. The van der Waals surface area contributed by atoms with Gasteiger partial charge in [-0.3, -0.25) is 4.79 Å². The predicted molar refractivity (Wildman–Crippen MR) is 67.5 cm³/mol. The third-order valence-electron chi connectivity index (χ3n) is 5.43. The van der Waals surface area contributed by atoms with E-state index in [2.05, 4.69) is 10.2 Å². The van der Waals surface area contributed by atoms with Crippen LogP contribution in [-0.2, 0) is 16.8 Å². The van der Waals surface area contributed by atoms with Crippen LogP contribution in [0.2, 0.25) is 0 Å². The van der Waals surface area contributed by atoms with Gasteiger partial charge in [0.15, 0.2) is 0 Å². The summed E-state index contributed by atoms with van der Waals surface area (Å²) >= 11 is 0. The first-order valence-electron chi connectivity index (χ1n) is 7.25. The molecule has 5 nitrogen and oxygen atoms in total. The normalized spacial score (nSPS) is 39.7. The van der Waals surface area contributed by atoms with Gasteiger partial charge in [0.05, 0.1) is 0 Å². The molecule has 4 fully saturated rings. The number of aromatic nitrogens is 3. The van der Waals surface area contributed by atoms with E-state index in [-0.39, 0.29) is 12.0 Å². The first-order valence-corrected chi connectivity index (χ1v) is 7.25. The summed E-state index contributed by atoms with van der Waals surface area (Å²) in [4.78, 5) is 11.0. The van der Waals surface area contributed by atoms with Crippen molar-refractivity contribution in [1.82, 2.24) is 14.8 Å². The van der Waals surface area contributed by atoms with Gasteiger partial charge in [0.25, 0.3) is 0 Å². The molecular formula is C14H19N3O2. The minimum atomic E-state index is -0.814. The van der Waals surface area contributed by atoms with Gasteiger partial charge in [-0.15, -0.1) is 10.2 Å². The van der Waals surface area contributed by atoms with Gasteiger partial charge < -0.3 is 9.67 Å². The van der Waals surface area contributed by atoms with Crippen molar-refractivity contribution in [2.24, 2.45) is 17.8 Å². The van der Waals surface area contributed by atoms with Crippen molar-refractivity contribution in [2.45, 2.75) is 50.5 Å². The van der Waals surface area contributed by atoms with Crippen molar-refractivity contribution in [3.05, 3.63) is 12.2 Å². The standard InChI is InChI=1S/C14H19N3O2/c18-12(19)7-17-8-15-16-13(17)14-4-9-1-10(5-14)3-11(2-9)6-14/h8-11H,1-7H2,(H,18,19). The molecule has 5 rings (SSSR count). The van der Waals surface area contributed by atoms with Crippen molar-refractivity contribution in [3.8, 4) is 0 Å². The number of nitrogens with zero attached hydrogens (tertiary/aromatic N) is 3. The van der Waals surface area contributed by atoms with Crippen molar-refractivity contribution in [1.29, 1.82) is 0 Å². The van der Waals surface area contributed by atoms with Crippen LogP contribution in [0.4, 0.5) is 0 Å². The number of hydrogen-bond donors (Lipinski definition) is 1. The largest absolute Gasteiger partial charge is 0.480 e. The van der Waals surface area contributed by atoms with E-state index in [1.807, 2.05) is 0 Å². The highest BCUT2D eigenvalue weighted by atomic mass is 16.4. The zero-order valence-electron chi connectivity index (χ0n) is 11.0. The average Bonchev–Trinajstić information content (AvgIpc) is 2.74. The zero-order valence-corrected chi connectivity index (χ0v) is 11.0. The topological polar surface area (TPSA) is 68.0 Å². The van der Waals surface area contributed by atoms with Crippen LogP contribution in [0.1, 0.15) is 44.3 Å². The van der Waals surface area contributed by atoms with Crippen LogP contribution in [0.15, 0.2) is 6.33 Å². The molecule has 4 bridgehead atoms. The Kier molecular flexibility index (Phi) is 2.29. The van der Waals surface area contributed by atoms with Gasteiger partial charge >= 0.3 is 5.97 Å². The number of carbonyl (C=O) groups is 1. The van der Waals surface area contributed by atoms with Gasteiger partial charge in [0, 0.05) is 5.41 Å². The molecule has 0 atom stereocenters. The van der Waals surface area contributed by atoms with Crippen LogP contribution in [0.5, 0.6) is 0 Å². The Bertz CT molecular complexity index is 487. The van der Waals surface area contributed by atoms with Gasteiger partial charge in [-0.25, -0.2) is 0 Å². The van der Waals surface area contributed by atoms with E-state index in [0.717, 1.165) is 23.6 Å². The minimum absolute atomic E-state index is 0.00984. The fourth-order valence-electron chi connectivity index (χ4n) is 5.31. The second-order valence-corrected chi connectivity index (χ2v) is 6.87. The maximum Gasteiger partial charge on any atom is 0.323 e. The fourth-order valence-corrected chi connectivity index (χ4v) is 5.31. The predicted octanol–water partition coefficient (Wildman–Crippen LogP) is 1.83. The molecule has 5 heteroatoms. The van der Waals surface area contributed by atoms with Gasteiger partial charge in [-0.05, 0) is 56.3 Å². The number of rotatable bonds is 3. The molecule has 1 aromatic rings. The molecule has 0 unspecified atom stereocenters. The van der Waals surface area contributed by atoms with E-state index in [4.69, 9.17) is 5.11 Å². The Morgan fingerprint density at radius 3 is 2.37 bits per heavy atom. The van der Waals surface area contributed by atoms with E-state index in [1.165, 1.54) is 38.5 Å². The molecule has 19 heavy (non-hydrogen) atoms. The molecule has 1 heterocycles. The van der Waals surface area contributed by atoms with E-state index in [0.29, 0.717) is 0 Å². The molecule has 1 N–H and O–H groups in total. The van der Waals surface area contributed by atoms with E-state index in [9.17, 15) is 4.79 Å². The number of carboxylic acids is 1. The second kappa shape index (κ2) is 3.81. The maximum atomic E-state index is 11.0. The lowest BCUT2D eigenvalue weighted by Gasteiger charge is -2.56. The summed E-state index contributed by atoms with van der Waals surface area (Å²) in [6.07, 6.45) is 9.30. The summed E-state index contributed by atoms with van der Waals surface area (Å²) in [5.41, 5.74) is 0.126. The molecule has 0 amide bonds. The summed E-state index contributed by atoms with van der Waals surface area (Å²) in [5, 5.41) is 17.3. The highest BCUT2D eigenvalue weighted by Gasteiger charge is 2.53. The van der Waals surface area contributed by atoms with E-state index >= 15 is 0 Å². The maximum absolute atomic E-state index is 11.0. The SMILES string of the molecule is O=C(O)Cn1cnnc1C12CC3CC(CC(C3)C1)C2. The molecule has 0 spiro atoms. The van der Waals surface area contributed by atoms with Crippen LogP contribution < -0.4 is 0 Å². The van der Waals surface area contributed by atoms with Crippen molar-refractivity contribution < 1.29 is 9.90 Å². The Morgan fingerprint density at radius 2 is 1.84 bits per heavy atom. The number of aliphatic carboxylic acids is 1. The summed E-state index contributed by atoms with van der Waals surface area (Å²) in [5.74, 6) is 2.63. The quantitative estimate of drug-likeness (QED) is 0.901. The van der Waals surface area contributed by atoms with Gasteiger partial charge in [-0.2, -0.15) is 0 Å². The lowest BCUT2D eigenvalue weighted by Crippen LogP contribution is -2.49. The minimum Gasteiger partial charge on any atom is -0.480 e. The van der Waals surface area contributed by atoms with Crippen LogP contribution in [0, 0.1) is 17.8 Å². The smallest absolute Gasteiger partial charge is 0.323 e. The van der Waals surface area contributed by atoms with Crippen LogP contribution in [0.25, 0.3) is 0 Å². The first kappa shape index (κ1) is 11.4. The molecule has 4 saturated carbocycles. The first-order chi connectivity index (χ1) is 9.14. The molecule has 0 saturated heterocycles. The fraction of sp³-hybridized carbons (Fsp3) is 0.786. The lowest BCUT2D eigenvalue weighted by atomic mass is 9.49. The molecular weight excluding hydrogens is 242 g/mol. The van der Waals surface area contributed by atoms with Crippen LogP contribution >= 0.6 is 0 Å². The highest BCUT2D eigenvalue weighted by Crippen LogP contribution is 2.60. The molecule has 4 aliphatic rings. The van der Waals surface area contributed by atoms with E-state index in [1.54, 1.807) is 10.9 Å². The monoisotopic (exact) mass is 261 g/mol. The average molecular weight is 261 g/mol. The summed E-state index contributed by atoms with van der Waals surface area (Å²) in [6.45, 7) is -0.00984. The molecule has 1 aromatic heterocycles. The van der Waals surface area contributed by atoms with Gasteiger partial charge in [-0.1, -0.05) is 0 Å². The van der Waals surface area contributed by atoms with Crippen LogP contribution in [0.3, 0.4) is 0 Å². The zero-order chi connectivity index (χ0) is 13.0. The van der Waals surface area contributed by atoms with Gasteiger partial charge in [0.2, 0.25) is 0 Å². The third-order valence-corrected chi connectivity index (χ3v) is 5.43. The summed E-state index contributed by atoms with van der Waals surface area (Å²) in [6, 6.07) is 0. The van der Waals surface area contributed by atoms with Crippen molar-refractivity contribution in [2.75, 3.05) is 0 Å². The summed E-state index contributed by atoms with van der Waals surface area (Å²) in [7, 11) is 0. The van der Waals surface area contributed by atoms with Crippen LogP contribution in [-0.4, -0.2) is 25.8 Å². The van der Waals surface area contributed by atoms with Gasteiger partial charge in [0.1, 0.15) is 18.7 Å². The Balaban J connectivity index is 1.72. The lowest BCUT2D eigenvalue weighted by molar-refractivity contribution is -0.137. The second-order valence-electron chi connectivity index (χ2n) is 6.87. The third kappa shape index (κ3) is 1.70. The Labute approximate surface area is 112 Å². The number of hydrogen-bond acceptors (Lipinski definition) is 3. The van der Waals surface area contributed by atoms with Crippen molar-refractivity contribution in [3.63, 3.8) is 0 Å². The number of carboxylic acid groups (broad SMARTS) is 1. The Morgan fingerprint density at radius 1 is 1.26 bits per heavy atom. The van der Waals surface area contributed by atoms with E-state index < -0.39 is 5.97 Å².